The highest BCUT2D eigenvalue weighted by Crippen LogP contribution is 2.48. The van der Waals surface area contributed by atoms with Crippen molar-refractivity contribution in [3.63, 3.8) is 0 Å². The molecule has 2 aliphatic rings. The van der Waals surface area contributed by atoms with E-state index in [9.17, 15) is 5.11 Å². The predicted molar refractivity (Wildman–Crippen MR) is 133 cm³/mol. The molecule has 2 aliphatic heterocycles. The van der Waals surface area contributed by atoms with E-state index < -0.39 is 6.10 Å². The topological polar surface area (TPSA) is 71.6 Å². The number of ether oxygens (including phenoxy) is 1. The summed E-state index contributed by atoms with van der Waals surface area (Å²) in [6.07, 6.45) is 6.43. The Bertz CT molecular complexity index is 1340. The monoisotopic (exact) mass is 495 g/mol. The molecule has 0 spiro atoms. The molecule has 4 aromatic rings. The van der Waals surface area contributed by atoms with Gasteiger partial charge in [0.1, 0.15) is 11.4 Å². The molecule has 0 amide bonds. The molecule has 5 heterocycles. The van der Waals surface area contributed by atoms with Crippen LogP contribution in [-0.4, -0.2) is 33.1 Å². The Labute approximate surface area is 207 Å². The highest BCUT2D eigenvalue weighted by Gasteiger charge is 2.33. The highest BCUT2D eigenvalue weighted by molar-refractivity contribution is 7.19. The van der Waals surface area contributed by atoms with Gasteiger partial charge < -0.3 is 14.3 Å². The molecule has 6 nitrogen and oxygen atoms in total. The summed E-state index contributed by atoms with van der Waals surface area (Å²) in [5, 5.41) is 11.0. The molecule has 0 aliphatic carbocycles. The first kappa shape index (κ1) is 22.0. The highest BCUT2D eigenvalue weighted by atomic mass is 35.5. The SMILES string of the molecule is CCC(O)c1cc2nccc(-c3cc(Cl)cc4c3O[C@@H](c3ocnc3CN3CCCC3)C4)c2s1. The minimum atomic E-state index is -0.488. The number of aliphatic hydroxyl groups is 1. The van der Waals surface area contributed by atoms with Crippen LogP contribution in [0.25, 0.3) is 21.3 Å². The minimum absolute atomic E-state index is 0.231. The zero-order chi connectivity index (χ0) is 23.2. The Morgan fingerprint density at radius 3 is 2.88 bits per heavy atom. The second kappa shape index (κ2) is 8.96. The summed E-state index contributed by atoms with van der Waals surface area (Å²) < 4.78 is 13.4. The summed E-state index contributed by atoms with van der Waals surface area (Å²) >= 11 is 8.15. The maximum absolute atomic E-state index is 10.4. The molecule has 6 rings (SSSR count). The number of hydrogen-bond donors (Lipinski definition) is 1. The van der Waals surface area contributed by atoms with Gasteiger partial charge in [-0.15, -0.1) is 11.3 Å². The fourth-order valence-corrected chi connectivity index (χ4v) is 6.47. The van der Waals surface area contributed by atoms with Crippen molar-refractivity contribution in [2.75, 3.05) is 13.1 Å². The van der Waals surface area contributed by atoms with Crippen LogP contribution in [0, 0.1) is 0 Å². The number of aromatic nitrogens is 2. The van der Waals surface area contributed by atoms with Gasteiger partial charge in [-0.3, -0.25) is 9.88 Å². The van der Waals surface area contributed by atoms with Crippen LogP contribution in [0.5, 0.6) is 5.75 Å². The second-order valence-corrected chi connectivity index (χ2v) is 10.6. The van der Waals surface area contributed by atoms with Crippen LogP contribution in [0.1, 0.15) is 60.3 Å². The van der Waals surface area contributed by atoms with E-state index in [-0.39, 0.29) is 6.10 Å². The summed E-state index contributed by atoms with van der Waals surface area (Å²) in [5.41, 5.74) is 4.84. The van der Waals surface area contributed by atoms with Gasteiger partial charge in [-0.2, -0.15) is 0 Å². The average molecular weight is 496 g/mol. The number of fused-ring (bicyclic) bond motifs is 2. The van der Waals surface area contributed by atoms with Crippen molar-refractivity contribution in [2.24, 2.45) is 0 Å². The van der Waals surface area contributed by atoms with Crippen molar-refractivity contribution in [3.05, 3.63) is 63.8 Å². The quantitative estimate of drug-likeness (QED) is 0.337. The Hall–Kier alpha value is -2.45. The number of likely N-dealkylation sites (tertiary alicyclic amines) is 1. The standard InChI is InChI=1S/C26H26ClN3O3S/c1-2-21(31)23-12-19-26(34-23)17(5-6-28-19)18-11-16(27)9-15-10-22(33-24(15)18)25-20(29-14-32-25)13-30-7-3-4-8-30/h5-6,9,11-12,14,21-22,31H,2-4,7-8,10,13H2,1H3/t21?,22-/m1/s1. The number of nitrogens with zero attached hydrogens (tertiary/aromatic N) is 3. The molecule has 0 saturated carbocycles. The summed E-state index contributed by atoms with van der Waals surface area (Å²) in [6.45, 7) is 4.97. The van der Waals surface area contributed by atoms with Gasteiger partial charge in [0.15, 0.2) is 18.3 Å². The zero-order valence-electron chi connectivity index (χ0n) is 19.0. The lowest BCUT2D eigenvalue weighted by atomic mass is 10.0. The first-order valence-corrected chi connectivity index (χ1v) is 13.0. The van der Waals surface area contributed by atoms with Crippen molar-refractivity contribution < 1.29 is 14.3 Å². The maximum Gasteiger partial charge on any atom is 0.181 e. The molecular weight excluding hydrogens is 470 g/mol. The van der Waals surface area contributed by atoms with Crippen LogP contribution >= 0.6 is 22.9 Å². The molecule has 1 N–H and O–H groups in total. The minimum Gasteiger partial charge on any atom is -0.481 e. The van der Waals surface area contributed by atoms with Crippen LogP contribution in [0.4, 0.5) is 0 Å². The molecular formula is C26H26ClN3O3S. The number of halogens is 1. The van der Waals surface area contributed by atoms with Gasteiger partial charge in [-0.25, -0.2) is 4.98 Å². The fourth-order valence-electron chi connectivity index (χ4n) is 5.02. The third kappa shape index (κ3) is 3.90. The smallest absolute Gasteiger partial charge is 0.181 e. The molecule has 2 atom stereocenters. The van der Waals surface area contributed by atoms with Crippen molar-refractivity contribution in [2.45, 2.75) is 51.4 Å². The maximum atomic E-state index is 10.4. The van der Waals surface area contributed by atoms with Gasteiger partial charge in [0.25, 0.3) is 0 Å². The van der Waals surface area contributed by atoms with Crippen LogP contribution in [0.15, 0.2) is 41.3 Å². The van der Waals surface area contributed by atoms with Gasteiger partial charge in [-0.05, 0) is 56.6 Å². The lowest BCUT2D eigenvalue weighted by molar-refractivity contribution is 0.177. The van der Waals surface area contributed by atoms with Crippen LogP contribution in [0.3, 0.4) is 0 Å². The van der Waals surface area contributed by atoms with Crippen molar-refractivity contribution in [3.8, 4) is 16.9 Å². The van der Waals surface area contributed by atoms with Crippen LogP contribution < -0.4 is 4.74 Å². The number of benzene rings is 1. The van der Waals surface area contributed by atoms with E-state index >= 15 is 0 Å². The molecule has 176 valence electrons. The van der Waals surface area contributed by atoms with Crippen LogP contribution in [-0.2, 0) is 13.0 Å². The summed E-state index contributed by atoms with van der Waals surface area (Å²) in [5.74, 6) is 1.63. The number of pyridine rings is 1. The molecule has 1 saturated heterocycles. The van der Waals surface area contributed by atoms with Crippen molar-refractivity contribution in [1.29, 1.82) is 0 Å². The summed E-state index contributed by atoms with van der Waals surface area (Å²) in [7, 11) is 0. The van der Waals surface area contributed by atoms with Gasteiger partial charge in [-0.1, -0.05) is 18.5 Å². The van der Waals surface area contributed by atoms with E-state index in [1.54, 1.807) is 17.5 Å². The lowest BCUT2D eigenvalue weighted by Gasteiger charge is -2.16. The van der Waals surface area contributed by atoms with Gasteiger partial charge >= 0.3 is 0 Å². The molecule has 8 heteroatoms. The number of oxazole rings is 1. The van der Waals surface area contributed by atoms with Gasteiger partial charge in [0.2, 0.25) is 0 Å². The third-order valence-electron chi connectivity index (χ3n) is 6.77. The zero-order valence-corrected chi connectivity index (χ0v) is 20.5. The van der Waals surface area contributed by atoms with E-state index in [1.165, 1.54) is 19.2 Å². The molecule has 3 aromatic heterocycles. The van der Waals surface area contributed by atoms with Gasteiger partial charge in [0, 0.05) is 45.8 Å². The molecule has 0 radical (unpaired) electrons. The molecule has 0 bridgehead atoms. The molecule has 1 fully saturated rings. The van der Waals surface area contributed by atoms with Crippen LogP contribution in [0.2, 0.25) is 5.02 Å². The summed E-state index contributed by atoms with van der Waals surface area (Å²) in [6, 6.07) is 7.91. The second-order valence-electron chi connectivity index (χ2n) is 9.04. The lowest BCUT2D eigenvalue weighted by Crippen LogP contribution is -2.20. The van der Waals surface area contributed by atoms with Crippen molar-refractivity contribution >= 4 is 33.2 Å². The number of rotatable bonds is 6. The van der Waals surface area contributed by atoms with Gasteiger partial charge in [0.05, 0.1) is 16.3 Å². The Kier molecular flexibility index (Phi) is 5.81. The van der Waals surface area contributed by atoms with E-state index in [4.69, 9.17) is 20.8 Å². The van der Waals surface area contributed by atoms with E-state index in [2.05, 4.69) is 14.9 Å². The number of aliphatic hydroxyl groups excluding tert-OH is 1. The van der Waals surface area contributed by atoms with E-state index in [0.717, 1.165) is 68.6 Å². The Balaban J connectivity index is 1.37. The first-order chi connectivity index (χ1) is 16.6. The largest absolute Gasteiger partial charge is 0.481 e. The number of thiophene rings is 1. The third-order valence-corrected chi connectivity index (χ3v) is 8.25. The molecule has 1 aromatic carbocycles. The van der Waals surface area contributed by atoms with E-state index in [1.807, 2.05) is 31.2 Å². The Morgan fingerprint density at radius 1 is 1.21 bits per heavy atom. The average Bonchev–Trinajstić information content (AvgIpc) is 3.63. The fraction of sp³-hybridized carbons (Fsp3) is 0.385. The molecule has 34 heavy (non-hydrogen) atoms. The first-order valence-electron chi connectivity index (χ1n) is 11.8. The summed E-state index contributed by atoms with van der Waals surface area (Å²) in [4.78, 5) is 12.4. The normalized spacial score (nSPS) is 19.0. The molecule has 1 unspecified atom stereocenters. The van der Waals surface area contributed by atoms with E-state index in [0.29, 0.717) is 17.9 Å². The number of hydrogen-bond acceptors (Lipinski definition) is 7. The Morgan fingerprint density at radius 2 is 2.06 bits per heavy atom. The predicted octanol–water partition coefficient (Wildman–Crippen LogP) is 6.32. The van der Waals surface area contributed by atoms with Crippen molar-refractivity contribution in [1.82, 2.24) is 14.9 Å².